The molecular weight excluding hydrogens is 251 g/mol. The first-order valence-corrected chi connectivity index (χ1v) is 5.39. The fourth-order valence-corrected chi connectivity index (χ4v) is 1.87. The zero-order chi connectivity index (χ0) is 9.84. The average molecular weight is 264 g/mol. The summed E-state index contributed by atoms with van der Waals surface area (Å²) in [6.45, 7) is 2.10. The summed E-state index contributed by atoms with van der Waals surface area (Å²) < 4.78 is 0.741. The number of pyridine rings is 1. The molecule has 2 N–H and O–H groups in total. The first kappa shape index (κ1) is 11.0. The molecule has 13 heavy (non-hydrogen) atoms. The van der Waals surface area contributed by atoms with E-state index in [1.54, 1.807) is 0 Å². The summed E-state index contributed by atoms with van der Waals surface area (Å²) in [6, 6.07) is 3.77. The minimum atomic E-state index is -0.00176. The second-order valence-electron chi connectivity index (χ2n) is 2.91. The Kier molecular flexibility index (Phi) is 4.16. The fraction of sp³-hybridized carbons (Fsp3) is 0.444. The van der Waals surface area contributed by atoms with Gasteiger partial charge in [0.25, 0.3) is 0 Å². The minimum absolute atomic E-state index is 0.00176. The molecule has 0 radical (unpaired) electrons. The Balaban J connectivity index is 2.88. The van der Waals surface area contributed by atoms with E-state index in [1.165, 1.54) is 0 Å². The normalized spacial score (nSPS) is 12.9. The molecule has 0 spiro atoms. The molecule has 0 aliphatic rings. The Morgan fingerprint density at radius 2 is 2.31 bits per heavy atom. The van der Waals surface area contributed by atoms with Gasteiger partial charge < -0.3 is 5.73 Å². The average Bonchev–Trinajstić information content (AvgIpc) is 2.04. The van der Waals surface area contributed by atoms with Crippen molar-refractivity contribution in [3.8, 4) is 0 Å². The van der Waals surface area contributed by atoms with E-state index in [9.17, 15) is 0 Å². The van der Waals surface area contributed by atoms with Gasteiger partial charge >= 0.3 is 0 Å². The topological polar surface area (TPSA) is 38.9 Å². The number of halogens is 2. The van der Waals surface area contributed by atoms with Crippen LogP contribution in [-0.2, 0) is 0 Å². The Morgan fingerprint density at radius 1 is 1.62 bits per heavy atom. The lowest BCUT2D eigenvalue weighted by Gasteiger charge is -2.11. The smallest absolute Gasteiger partial charge is 0.135 e. The van der Waals surface area contributed by atoms with Gasteiger partial charge in [0.2, 0.25) is 0 Å². The van der Waals surface area contributed by atoms with Crippen LogP contribution in [0.1, 0.15) is 31.4 Å². The van der Waals surface area contributed by atoms with Gasteiger partial charge in [-0.25, -0.2) is 4.98 Å². The molecule has 4 heteroatoms. The molecule has 0 fully saturated rings. The van der Waals surface area contributed by atoms with Crippen molar-refractivity contribution in [2.75, 3.05) is 0 Å². The van der Waals surface area contributed by atoms with Crippen LogP contribution in [-0.4, -0.2) is 4.98 Å². The van der Waals surface area contributed by atoms with Crippen LogP contribution in [0, 0.1) is 0 Å². The molecule has 0 aromatic carbocycles. The second-order valence-corrected chi connectivity index (χ2v) is 4.08. The highest BCUT2D eigenvalue weighted by atomic mass is 79.9. The van der Waals surface area contributed by atoms with E-state index in [1.807, 2.05) is 12.1 Å². The highest BCUT2D eigenvalue weighted by Crippen LogP contribution is 2.24. The van der Waals surface area contributed by atoms with Crippen LogP contribution < -0.4 is 5.73 Å². The van der Waals surface area contributed by atoms with Crippen LogP contribution in [0.15, 0.2) is 16.7 Å². The van der Waals surface area contributed by atoms with Crippen LogP contribution in [0.2, 0.25) is 5.15 Å². The van der Waals surface area contributed by atoms with E-state index in [2.05, 4.69) is 27.8 Å². The summed E-state index contributed by atoms with van der Waals surface area (Å²) >= 11 is 9.19. The van der Waals surface area contributed by atoms with Crippen LogP contribution in [0.4, 0.5) is 0 Å². The monoisotopic (exact) mass is 262 g/mol. The molecular formula is C9H12BrClN2. The van der Waals surface area contributed by atoms with Crippen molar-refractivity contribution >= 4 is 27.5 Å². The number of nitrogens with two attached hydrogens (primary N) is 1. The molecule has 1 rings (SSSR count). The van der Waals surface area contributed by atoms with Gasteiger partial charge in [-0.1, -0.05) is 31.0 Å². The third-order valence-electron chi connectivity index (χ3n) is 1.84. The predicted octanol–water partition coefficient (Wildman–Crippen LogP) is 3.30. The number of hydrogen-bond acceptors (Lipinski definition) is 2. The zero-order valence-electron chi connectivity index (χ0n) is 7.43. The molecule has 0 aliphatic carbocycles. The van der Waals surface area contributed by atoms with Gasteiger partial charge in [-0.05, 0) is 28.4 Å². The second kappa shape index (κ2) is 4.94. The maximum Gasteiger partial charge on any atom is 0.135 e. The van der Waals surface area contributed by atoms with E-state index in [0.717, 1.165) is 23.0 Å². The molecule has 1 aromatic heterocycles. The molecule has 1 heterocycles. The van der Waals surface area contributed by atoms with Gasteiger partial charge in [-0.3, -0.25) is 0 Å². The van der Waals surface area contributed by atoms with E-state index in [-0.39, 0.29) is 6.04 Å². The van der Waals surface area contributed by atoms with Gasteiger partial charge in [0.15, 0.2) is 0 Å². The third-order valence-corrected chi connectivity index (χ3v) is 2.59. The SMILES string of the molecule is CCCC(N)c1ccc(Br)nc1Cl. The van der Waals surface area contributed by atoms with E-state index in [4.69, 9.17) is 17.3 Å². The Morgan fingerprint density at radius 3 is 2.85 bits per heavy atom. The van der Waals surface area contributed by atoms with Crippen LogP contribution in [0.3, 0.4) is 0 Å². The molecule has 2 nitrogen and oxygen atoms in total. The minimum Gasteiger partial charge on any atom is -0.324 e. The predicted molar refractivity (Wildman–Crippen MR) is 58.8 cm³/mol. The first-order valence-electron chi connectivity index (χ1n) is 4.22. The largest absolute Gasteiger partial charge is 0.324 e. The molecule has 0 saturated heterocycles. The number of nitrogens with zero attached hydrogens (tertiary/aromatic N) is 1. The molecule has 1 unspecified atom stereocenters. The van der Waals surface area contributed by atoms with Gasteiger partial charge in [0, 0.05) is 11.6 Å². The van der Waals surface area contributed by atoms with Crippen LogP contribution >= 0.6 is 27.5 Å². The lowest BCUT2D eigenvalue weighted by Crippen LogP contribution is -2.10. The van der Waals surface area contributed by atoms with Crippen molar-refractivity contribution in [1.29, 1.82) is 0 Å². The van der Waals surface area contributed by atoms with Gasteiger partial charge in [0.05, 0.1) is 0 Å². The lowest BCUT2D eigenvalue weighted by atomic mass is 10.1. The van der Waals surface area contributed by atoms with Crippen molar-refractivity contribution in [3.05, 3.63) is 27.5 Å². The lowest BCUT2D eigenvalue weighted by molar-refractivity contribution is 0.636. The number of aromatic nitrogens is 1. The Hall–Kier alpha value is -0.120. The van der Waals surface area contributed by atoms with E-state index in [0.29, 0.717) is 5.15 Å². The first-order chi connectivity index (χ1) is 6.15. The molecule has 1 atom stereocenters. The van der Waals surface area contributed by atoms with E-state index >= 15 is 0 Å². The Labute approximate surface area is 91.6 Å². The highest BCUT2D eigenvalue weighted by Gasteiger charge is 2.09. The molecule has 1 aromatic rings. The van der Waals surface area contributed by atoms with Crippen LogP contribution in [0.5, 0.6) is 0 Å². The van der Waals surface area contributed by atoms with Crippen molar-refractivity contribution in [2.24, 2.45) is 5.73 Å². The Bertz CT molecular complexity index is 291. The summed E-state index contributed by atoms with van der Waals surface area (Å²) in [4.78, 5) is 4.08. The summed E-state index contributed by atoms with van der Waals surface area (Å²) in [7, 11) is 0. The van der Waals surface area contributed by atoms with Crippen molar-refractivity contribution in [2.45, 2.75) is 25.8 Å². The van der Waals surface area contributed by atoms with E-state index < -0.39 is 0 Å². The summed E-state index contributed by atoms with van der Waals surface area (Å²) in [5.41, 5.74) is 6.84. The van der Waals surface area contributed by atoms with Crippen molar-refractivity contribution in [1.82, 2.24) is 4.98 Å². The number of rotatable bonds is 3. The maximum atomic E-state index is 5.94. The van der Waals surface area contributed by atoms with Gasteiger partial charge in [-0.15, -0.1) is 0 Å². The van der Waals surface area contributed by atoms with Gasteiger partial charge in [0.1, 0.15) is 9.76 Å². The van der Waals surface area contributed by atoms with Gasteiger partial charge in [-0.2, -0.15) is 0 Å². The standard InChI is InChI=1S/C9H12BrClN2/c1-2-3-7(12)6-4-5-8(10)13-9(6)11/h4-5,7H,2-3,12H2,1H3. The molecule has 0 aliphatic heterocycles. The summed E-state index contributed by atoms with van der Waals surface area (Å²) in [6.07, 6.45) is 1.98. The maximum absolute atomic E-state index is 5.94. The molecule has 72 valence electrons. The zero-order valence-corrected chi connectivity index (χ0v) is 9.77. The van der Waals surface area contributed by atoms with Crippen molar-refractivity contribution in [3.63, 3.8) is 0 Å². The summed E-state index contributed by atoms with van der Waals surface area (Å²) in [5, 5.41) is 0.496. The number of hydrogen-bond donors (Lipinski definition) is 1. The van der Waals surface area contributed by atoms with Crippen molar-refractivity contribution < 1.29 is 0 Å². The third kappa shape index (κ3) is 2.93. The molecule has 0 saturated carbocycles. The highest BCUT2D eigenvalue weighted by molar-refractivity contribution is 9.10. The quantitative estimate of drug-likeness (QED) is 0.850. The molecule has 0 bridgehead atoms. The van der Waals surface area contributed by atoms with Crippen LogP contribution in [0.25, 0.3) is 0 Å². The summed E-state index contributed by atoms with van der Waals surface area (Å²) in [5.74, 6) is 0. The fourth-order valence-electron chi connectivity index (χ4n) is 1.17. The molecule has 0 amide bonds.